The number of nitrogens with zero attached hydrogens (tertiary/aromatic N) is 2. The summed E-state index contributed by atoms with van der Waals surface area (Å²) in [6.45, 7) is 0. The van der Waals surface area contributed by atoms with Gasteiger partial charge in [0.05, 0.1) is 17.8 Å². The Kier molecular flexibility index (Phi) is 5.45. The van der Waals surface area contributed by atoms with Crippen LogP contribution in [0.3, 0.4) is 0 Å². The average Bonchev–Trinajstić information content (AvgIpc) is 3.12. The highest BCUT2D eigenvalue weighted by Gasteiger charge is 2.12. The van der Waals surface area contributed by atoms with E-state index in [1.165, 1.54) is 30.1 Å². The van der Waals surface area contributed by atoms with Crippen LogP contribution in [0.25, 0.3) is 0 Å². The zero-order valence-electron chi connectivity index (χ0n) is 13.4. The molecule has 1 heterocycles. The summed E-state index contributed by atoms with van der Waals surface area (Å²) in [5, 5.41) is 14.4. The van der Waals surface area contributed by atoms with E-state index < -0.39 is 4.92 Å². The Morgan fingerprint density at radius 3 is 2.54 bits per heavy atom. The Balaban J connectivity index is 1.69. The highest BCUT2D eigenvalue weighted by molar-refractivity contribution is 7.99. The number of rotatable bonds is 6. The molecule has 0 fully saturated rings. The van der Waals surface area contributed by atoms with Gasteiger partial charge in [-0.2, -0.15) is 5.10 Å². The highest BCUT2D eigenvalue weighted by atomic mass is 32.2. The third-order valence-electron chi connectivity index (χ3n) is 3.25. The number of amides is 1. The van der Waals surface area contributed by atoms with Crippen LogP contribution in [0.5, 0.6) is 0 Å². The van der Waals surface area contributed by atoms with Crippen LogP contribution in [0.4, 0.5) is 5.88 Å². The smallest absolute Gasteiger partial charge is 0.400 e. The highest BCUT2D eigenvalue weighted by Crippen LogP contribution is 2.30. The molecule has 0 unspecified atom stereocenters. The molecular weight excluding hydrogens is 354 g/mol. The van der Waals surface area contributed by atoms with Gasteiger partial charge >= 0.3 is 5.88 Å². The number of nitro groups is 1. The van der Waals surface area contributed by atoms with Gasteiger partial charge < -0.3 is 4.42 Å². The minimum absolute atomic E-state index is 0.170. The standard InChI is InChI=1S/C18H13N3O4S/c22-18(20-19-12-13-10-11-17(25-13)21(23)24)15-8-4-5-9-16(15)26-14-6-2-1-3-7-14/h1-12H,(H,20,22). The number of hydrazone groups is 1. The summed E-state index contributed by atoms with van der Waals surface area (Å²) in [6, 6.07) is 19.5. The van der Waals surface area contributed by atoms with E-state index >= 15 is 0 Å². The van der Waals surface area contributed by atoms with Crippen molar-refractivity contribution in [3.63, 3.8) is 0 Å². The van der Waals surface area contributed by atoms with E-state index in [1.54, 1.807) is 12.1 Å². The summed E-state index contributed by atoms with van der Waals surface area (Å²) in [5.41, 5.74) is 2.88. The average molecular weight is 367 g/mol. The topological polar surface area (TPSA) is 97.7 Å². The second kappa shape index (κ2) is 8.13. The summed E-state index contributed by atoms with van der Waals surface area (Å²) in [5.74, 6) is -0.604. The molecule has 0 radical (unpaired) electrons. The van der Waals surface area contributed by atoms with Crippen molar-refractivity contribution in [2.75, 3.05) is 0 Å². The van der Waals surface area contributed by atoms with Gasteiger partial charge in [-0.25, -0.2) is 5.43 Å². The molecule has 1 amide bonds. The normalized spacial score (nSPS) is 10.8. The molecule has 130 valence electrons. The zero-order chi connectivity index (χ0) is 18.4. The van der Waals surface area contributed by atoms with Gasteiger partial charge in [0.1, 0.15) is 4.92 Å². The first-order valence-corrected chi connectivity index (χ1v) is 8.35. The Morgan fingerprint density at radius 2 is 1.81 bits per heavy atom. The van der Waals surface area contributed by atoms with Gasteiger partial charge in [-0.05, 0) is 30.3 Å². The first kappa shape index (κ1) is 17.4. The molecule has 1 N–H and O–H groups in total. The summed E-state index contributed by atoms with van der Waals surface area (Å²) >= 11 is 1.47. The molecule has 3 rings (SSSR count). The third-order valence-corrected chi connectivity index (χ3v) is 4.34. The molecular formula is C18H13N3O4S. The van der Waals surface area contributed by atoms with Gasteiger partial charge in [-0.15, -0.1) is 0 Å². The van der Waals surface area contributed by atoms with Crippen molar-refractivity contribution in [2.45, 2.75) is 9.79 Å². The van der Waals surface area contributed by atoms with Crippen LogP contribution in [0.1, 0.15) is 16.1 Å². The van der Waals surface area contributed by atoms with E-state index in [0.717, 1.165) is 9.79 Å². The molecule has 0 atom stereocenters. The fourth-order valence-electron chi connectivity index (χ4n) is 2.08. The van der Waals surface area contributed by atoms with E-state index in [-0.39, 0.29) is 17.6 Å². The molecule has 0 aliphatic heterocycles. The van der Waals surface area contributed by atoms with Crippen molar-refractivity contribution in [1.82, 2.24) is 5.43 Å². The molecule has 0 aliphatic carbocycles. The molecule has 0 saturated heterocycles. The van der Waals surface area contributed by atoms with Crippen molar-refractivity contribution < 1.29 is 14.1 Å². The summed E-state index contributed by atoms with van der Waals surface area (Å²) in [7, 11) is 0. The van der Waals surface area contributed by atoms with Crippen LogP contribution in [0, 0.1) is 10.1 Å². The number of hydrogen-bond acceptors (Lipinski definition) is 6. The monoisotopic (exact) mass is 367 g/mol. The van der Waals surface area contributed by atoms with Crippen molar-refractivity contribution in [2.24, 2.45) is 5.10 Å². The summed E-state index contributed by atoms with van der Waals surface area (Å²) in [4.78, 5) is 24.1. The quantitative estimate of drug-likeness (QED) is 0.402. The van der Waals surface area contributed by atoms with Gasteiger partial charge in [0.15, 0.2) is 5.76 Å². The van der Waals surface area contributed by atoms with Crippen molar-refractivity contribution in [3.05, 3.63) is 88.2 Å². The molecule has 8 heteroatoms. The van der Waals surface area contributed by atoms with Crippen molar-refractivity contribution in [3.8, 4) is 0 Å². The summed E-state index contributed by atoms with van der Waals surface area (Å²) < 4.78 is 4.93. The largest absolute Gasteiger partial charge is 0.433 e. The van der Waals surface area contributed by atoms with Gasteiger partial charge in [0.25, 0.3) is 5.91 Å². The van der Waals surface area contributed by atoms with Crippen LogP contribution in [0.15, 0.2) is 86.0 Å². The Labute approximate surface area is 152 Å². The number of furan rings is 1. The summed E-state index contributed by atoms with van der Waals surface area (Å²) in [6.07, 6.45) is 1.21. The van der Waals surface area contributed by atoms with Crippen LogP contribution in [0.2, 0.25) is 0 Å². The van der Waals surface area contributed by atoms with E-state index in [9.17, 15) is 14.9 Å². The molecule has 2 aromatic carbocycles. The maximum absolute atomic E-state index is 12.4. The van der Waals surface area contributed by atoms with E-state index in [2.05, 4.69) is 10.5 Å². The molecule has 7 nitrogen and oxygen atoms in total. The van der Waals surface area contributed by atoms with Crippen molar-refractivity contribution in [1.29, 1.82) is 0 Å². The second-order valence-electron chi connectivity index (χ2n) is 5.04. The first-order valence-electron chi connectivity index (χ1n) is 7.53. The number of hydrogen-bond donors (Lipinski definition) is 1. The van der Waals surface area contributed by atoms with Crippen LogP contribution >= 0.6 is 11.8 Å². The predicted octanol–water partition coefficient (Wildman–Crippen LogP) is 4.10. The molecule has 26 heavy (non-hydrogen) atoms. The van der Waals surface area contributed by atoms with Gasteiger partial charge in [0, 0.05) is 9.79 Å². The number of nitrogens with one attached hydrogen (secondary N) is 1. The van der Waals surface area contributed by atoms with Crippen molar-refractivity contribution >= 4 is 29.8 Å². The van der Waals surface area contributed by atoms with Gasteiger partial charge in [-0.1, -0.05) is 42.1 Å². The van der Waals surface area contributed by atoms with E-state index in [1.807, 2.05) is 42.5 Å². The van der Waals surface area contributed by atoms with E-state index in [4.69, 9.17) is 4.42 Å². The molecule has 0 spiro atoms. The Bertz CT molecular complexity index is 954. The second-order valence-corrected chi connectivity index (χ2v) is 6.16. The predicted molar refractivity (Wildman–Crippen MR) is 97.4 cm³/mol. The van der Waals surface area contributed by atoms with Crippen LogP contribution in [-0.2, 0) is 0 Å². The zero-order valence-corrected chi connectivity index (χ0v) is 14.2. The number of carbonyl (C=O) groups excluding carboxylic acids is 1. The van der Waals surface area contributed by atoms with Crippen LogP contribution in [-0.4, -0.2) is 17.0 Å². The lowest BCUT2D eigenvalue weighted by molar-refractivity contribution is -0.402. The maximum atomic E-state index is 12.4. The first-order chi connectivity index (χ1) is 12.6. The SMILES string of the molecule is O=C(NN=Cc1ccc([N+](=O)[O-])o1)c1ccccc1Sc1ccccc1. The van der Waals surface area contributed by atoms with Gasteiger partial charge in [0.2, 0.25) is 0 Å². The fraction of sp³-hybridized carbons (Fsp3) is 0. The lowest BCUT2D eigenvalue weighted by Gasteiger charge is -2.07. The third kappa shape index (κ3) is 4.37. The number of carbonyl (C=O) groups is 1. The minimum atomic E-state index is -0.646. The maximum Gasteiger partial charge on any atom is 0.433 e. The fourth-order valence-corrected chi connectivity index (χ4v) is 3.05. The lowest BCUT2D eigenvalue weighted by Crippen LogP contribution is -2.18. The Morgan fingerprint density at radius 1 is 1.08 bits per heavy atom. The van der Waals surface area contributed by atoms with E-state index in [0.29, 0.717) is 5.56 Å². The molecule has 0 saturated carbocycles. The van der Waals surface area contributed by atoms with Crippen LogP contribution < -0.4 is 5.43 Å². The molecule has 0 aliphatic rings. The molecule has 1 aromatic heterocycles. The van der Waals surface area contributed by atoms with Gasteiger partial charge in [-0.3, -0.25) is 14.9 Å². The number of benzene rings is 2. The molecule has 0 bridgehead atoms. The lowest BCUT2D eigenvalue weighted by atomic mass is 10.2. The molecule has 3 aromatic rings. The Hall–Kier alpha value is -3.39. The minimum Gasteiger partial charge on any atom is -0.400 e.